The van der Waals surface area contributed by atoms with Crippen molar-refractivity contribution < 1.29 is 0 Å². The minimum Gasteiger partial charge on any atom is -0.362 e. The summed E-state index contributed by atoms with van der Waals surface area (Å²) in [6.45, 7) is 6.01. The van der Waals surface area contributed by atoms with Gasteiger partial charge in [-0.05, 0) is 36.7 Å². The van der Waals surface area contributed by atoms with Crippen LogP contribution in [-0.2, 0) is 6.42 Å². The van der Waals surface area contributed by atoms with E-state index >= 15 is 0 Å². The maximum Gasteiger partial charge on any atom is 0.0761 e. The molecule has 3 nitrogen and oxygen atoms in total. The second kappa shape index (κ2) is 8.43. The Balaban J connectivity index is 1.84. The Bertz CT molecular complexity index is 838. The third-order valence-corrected chi connectivity index (χ3v) is 4.44. The SMILES string of the molecule is C=CNc1cc(-c2ccc(CCCCCC)cc2)nc2ccncc12. The number of aromatic nitrogens is 2. The van der Waals surface area contributed by atoms with E-state index in [0.29, 0.717) is 0 Å². The number of rotatable bonds is 8. The zero-order valence-corrected chi connectivity index (χ0v) is 14.8. The lowest BCUT2D eigenvalue weighted by atomic mass is 10.0. The first-order valence-electron chi connectivity index (χ1n) is 9.03. The summed E-state index contributed by atoms with van der Waals surface area (Å²) in [4.78, 5) is 8.99. The van der Waals surface area contributed by atoms with Crippen molar-refractivity contribution in [2.45, 2.75) is 39.0 Å². The Morgan fingerprint density at radius 1 is 1.08 bits per heavy atom. The van der Waals surface area contributed by atoms with Crippen LogP contribution >= 0.6 is 0 Å². The number of hydrogen-bond donors (Lipinski definition) is 1. The Labute approximate surface area is 149 Å². The van der Waals surface area contributed by atoms with Crippen molar-refractivity contribution >= 4 is 16.6 Å². The first-order valence-corrected chi connectivity index (χ1v) is 9.03. The summed E-state index contributed by atoms with van der Waals surface area (Å²) in [7, 11) is 0. The van der Waals surface area contributed by atoms with E-state index in [4.69, 9.17) is 4.98 Å². The van der Waals surface area contributed by atoms with Gasteiger partial charge in [-0.2, -0.15) is 0 Å². The number of pyridine rings is 2. The second-order valence-corrected chi connectivity index (χ2v) is 6.30. The summed E-state index contributed by atoms with van der Waals surface area (Å²) in [6.07, 6.45) is 11.6. The molecule has 128 valence electrons. The number of fused-ring (bicyclic) bond motifs is 1. The summed E-state index contributed by atoms with van der Waals surface area (Å²) in [6, 6.07) is 12.8. The van der Waals surface area contributed by atoms with Crippen molar-refractivity contribution in [2.24, 2.45) is 0 Å². The highest BCUT2D eigenvalue weighted by atomic mass is 14.9. The van der Waals surface area contributed by atoms with Crippen LogP contribution in [0.1, 0.15) is 38.2 Å². The van der Waals surface area contributed by atoms with Crippen molar-refractivity contribution in [3.63, 3.8) is 0 Å². The predicted molar refractivity (Wildman–Crippen MR) is 107 cm³/mol. The summed E-state index contributed by atoms with van der Waals surface area (Å²) < 4.78 is 0. The Hall–Kier alpha value is -2.68. The summed E-state index contributed by atoms with van der Waals surface area (Å²) in [5.74, 6) is 0. The molecule has 1 N–H and O–H groups in total. The van der Waals surface area contributed by atoms with Gasteiger partial charge in [0.15, 0.2) is 0 Å². The first-order chi connectivity index (χ1) is 12.3. The van der Waals surface area contributed by atoms with Crippen molar-refractivity contribution in [1.29, 1.82) is 0 Å². The van der Waals surface area contributed by atoms with Crippen molar-refractivity contribution in [3.8, 4) is 11.3 Å². The molecule has 25 heavy (non-hydrogen) atoms. The van der Waals surface area contributed by atoms with Crippen LogP contribution in [0.4, 0.5) is 5.69 Å². The molecule has 0 amide bonds. The van der Waals surface area contributed by atoms with Gasteiger partial charge < -0.3 is 5.32 Å². The molecule has 0 aliphatic heterocycles. The van der Waals surface area contributed by atoms with E-state index in [0.717, 1.165) is 34.3 Å². The van der Waals surface area contributed by atoms with Gasteiger partial charge in [0.2, 0.25) is 0 Å². The predicted octanol–water partition coefficient (Wildman–Crippen LogP) is 5.98. The van der Waals surface area contributed by atoms with E-state index in [1.807, 2.05) is 12.3 Å². The second-order valence-electron chi connectivity index (χ2n) is 6.30. The lowest BCUT2D eigenvalue weighted by Crippen LogP contribution is -1.94. The first kappa shape index (κ1) is 17.2. The molecule has 0 atom stereocenters. The van der Waals surface area contributed by atoms with Crippen molar-refractivity contribution in [1.82, 2.24) is 9.97 Å². The fourth-order valence-electron chi connectivity index (χ4n) is 3.04. The monoisotopic (exact) mass is 331 g/mol. The van der Waals surface area contributed by atoms with E-state index < -0.39 is 0 Å². The standard InChI is InChI=1S/C22H25N3/c1-3-5-6-7-8-17-9-11-18(12-10-17)21-15-22(24-4-2)19-16-23-14-13-20(19)25-21/h4,9-16H,2-3,5-8H2,1H3,(H,24,25). The zero-order chi connectivity index (χ0) is 17.5. The fraction of sp³-hybridized carbons (Fsp3) is 0.273. The number of benzene rings is 1. The highest BCUT2D eigenvalue weighted by Gasteiger charge is 2.07. The molecule has 0 radical (unpaired) electrons. The lowest BCUT2D eigenvalue weighted by molar-refractivity contribution is 0.667. The normalized spacial score (nSPS) is 10.8. The van der Waals surface area contributed by atoms with E-state index in [9.17, 15) is 0 Å². The Kier molecular flexibility index (Phi) is 5.78. The minimum atomic E-state index is 0.931. The number of anilines is 1. The topological polar surface area (TPSA) is 37.8 Å². The van der Waals surface area contributed by atoms with Crippen molar-refractivity contribution in [2.75, 3.05) is 5.32 Å². The maximum atomic E-state index is 4.79. The van der Waals surface area contributed by atoms with Crippen molar-refractivity contribution in [3.05, 3.63) is 67.1 Å². The summed E-state index contributed by atoms with van der Waals surface area (Å²) >= 11 is 0. The quantitative estimate of drug-likeness (QED) is 0.516. The zero-order valence-electron chi connectivity index (χ0n) is 14.8. The molecule has 3 aromatic rings. The van der Waals surface area contributed by atoms with Gasteiger partial charge in [0.25, 0.3) is 0 Å². The van der Waals surface area contributed by atoms with Gasteiger partial charge in [0.1, 0.15) is 0 Å². The van der Waals surface area contributed by atoms with E-state index in [1.54, 1.807) is 12.4 Å². The number of hydrogen-bond acceptors (Lipinski definition) is 3. The van der Waals surface area contributed by atoms with Gasteiger partial charge in [0.05, 0.1) is 16.9 Å². The lowest BCUT2D eigenvalue weighted by Gasteiger charge is -2.10. The number of nitrogens with one attached hydrogen (secondary N) is 1. The molecule has 0 saturated carbocycles. The number of nitrogens with zero attached hydrogens (tertiary/aromatic N) is 2. The summed E-state index contributed by atoms with van der Waals surface area (Å²) in [5, 5.41) is 4.19. The molecule has 3 heteroatoms. The van der Waals surface area contributed by atoms with E-state index in [2.05, 4.69) is 54.1 Å². The van der Waals surface area contributed by atoms with Gasteiger partial charge >= 0.3 is 0 Å². The van der Waals surface area contributed by atoms with Crippen LogP contribution in [0.15, 0.2) is 61.6 Å². The molecule has 0 spiro atoms. The molecule has 2 aromatic heterocycles. The molecule has 0 unspecified atom stereocenters. The molecule has 0 aliphatic carbocycles. The average molecular weight is 331 g/mol. The Morgan fingerprint density at radius 2 is 1.92 bits per heavy atom. The van der Waals surface area contributed by atoms with Crippen LogP contribution in [-0.4, -0.2) is 9.97 Å². The Morgan fingerprint density at radius 3 is 2.68 bits per heavy atom. The molecular weight excluding hydrogens is 306 g/mol. The van der Waals surface area contributed by atoms with Gasteiger partial charge in [-0.15, -0.1) is 0 Å². The van der Waals surface area contributed by atoms with E-state index in [1.165, 1.54) is 31.2 Å². The van der Waals surface area contributed by atoms with Gasteiger partial charge in [0, 0.05) is 23.3 Å². The molecule has 0 bridgehead atoms. The molecule has 0 aliphatic rings. The number of unbranched alkanes of at least 4 members (excludes halogenated alkanes) is 3. The van der Waals surface area contributed by atoms with Crippen LogP contribution in [0.3, 0.4) is 0 Å². The highest BCUT2D eigenvalue weighted by Crippen LogP contribution is 2.28. The fourth-order valence-corrected chi connectivity index (χ4v) is 3.04. The molecule has 3 rings (SSSR count). The summed E-state index contributed by atoms with van der Waals surface area (Å²) in [5.41, 5.74) is 5.39. The van der Waals surface area contributed by atoms with Gasteiger partial charge in [-0.25, -0.2) is 4.98 Å². The third-order valence-electron chi connectivity index (χ3n) is 4.44. The molecule has 0 saturated heterocycles. The van der Waals surface area contributed by atoms with E-state index in [-0.39, 0.29) is 0 Å². The molecule has 1 aromatic carbocycles. The number of aryl methyl sites for hydroxylation is 1. The molecule has 0 fully saturated rings. The maximum absolute atomic E-state index is 4.79. The van der Waals surface area contributed by atoms with Crippen LogP contribution in [0.5, 0.6) is 0 Å². The molecular formula is C22H25N3. The van der Waals surface area contributed by atoms with Gasteiger partial charge in [-0.3, -0.25) is 4.98 Å². The highest BCUT2D eigenvalue weighted by molar-refractivity contribution is 5.93. The average Bonchev–Trinajstić information content (AvgIpc) is 2.66. The molecule has 2 heterocycles. The van der Waals surface area contributed by atoms with Crippen LogP contribution in [0.25, 0.3) is 22.2 Å². The third kappa shape index (κ3) is 4.24. The minimum absolute atomic E-state index is 0.931. The van der Waals surface area contributed by atoms with Crippen LogP contribution in [0.2, 0.25) is 0 Å². The van der Waals surface area contributed by atoms with Crippen LogP contribution < -0.4 is 5.32 Å². The largest absolute Gasteiger partial charge is 0.362 e. The smallest absolute Gasteiger partial charge is 0.0761 e. The van der Waals surface area contributed by atoms with Gasteiger partial charge in [-0.1, -0.05) is 57.0 Å². The van der Waals surface area contributed by atoms with Crippen LogP contribution in [0, 0.1) is 0 Å².